The molecule has 1 aliphatic carbocycles. The smallest absolute Gasteiger partial charge is 0.258 e. The summed E-state index contributed by atoms with van der Waals surface area (Å²) < 4.78 is 22.9. The Labute approximate surface area is 215 Å². The summed E-state index contributed by atoms with van der Waals surface area (Å²) in [6.07, 6.45) is 1.80. The van der Waals surface area contributed by atoms with Crippen LogP contribution in [0.4, 0.5) is 0 Å². The van der Waals surface area contributed by atoms with Gasteiger partial charge < -0.3 is 34.5 Å². The van der Waals surface area contributed by atoms with E-state index in [1.54, 1.807) is 35.2 Å². The molecule has 1 saturated heterocycles. The largest absolute Gasteiger partial charge is 0.493 e. The van der Waals surface area contributed by atoms with Gasteiger partial charge in [0.05, 0.1) is 19.2 Å². The molecule has 10 nitrogen and oxygen atoms in total. The molecular weight excluding hydrogens is 478 g/mol. The lowest BCUT2D eigenvalue weighted by molar-refractivity contribution is -0.134. The summed E-state index contributed by atoms with van der Waals surface area (Å²) in [4.78, 5) is 39.9. The highest BCUT2D eigenvalue weighted by Crippen LogP contribution is 2.31. The predicted octanol–water partition coefficient (Wildman–Crippen LogP) is 1.52. The number of benzene rings is 2. The maximum Gasteiger partial charge on any atom is 0.258 e. The summed E-state index contributed by atoms with van der Waals surface area (Å²) in [5.74, 6) is 1.18. The lowest BCUT2D eigenvalue weighted by atomic mass is 10.1. The van der Waals surface area contributed by atoms with E-state index in [-0.39, 0.29) is 37.5 Å². The summed E-state index contributed by atoms with van der Waals surface area (Å²) in [7, 11) is 1.47. The standard InChI is InChI=1S/C27H31N3O7/c1-34-16-26(32)30-12-23-24(13-30)37-20-6-4-17(5-7-20)11-28-25(31)15-36-22-9-19(27(33)29-23)8-21(10-22)35-14-18-2-3-18/h4-10,18,23-24H,2-3,11-16H2,1H3,(H,28,31)(H,29,33)/t23-,24-/m0/s1. The van der Waals surface area contributed by atoms with Crippen molar-refractivity contribution in [3.63, 3.8) is 0 Å². The maximum absolute atomic E-state index is 13.4. The molecule has 0 radical (unpaired) electrons. The van der Waals surface area contributed by atoms with Crippen LogP contribution in [-0.2, 0) is 20.9 Å². The highest BCUT2D eigenvalue weighted by atomic mass is 16.5. The number of likely N-dealkylation sites (tertiary alicyclic amines) is 1. The first-order valence-corrected chi connectivity index (χ1v) is 12.5. The van der Waals surface area contributed by atoms with Crippen molar-refractivity contribution < 1.29 is 33.3 Å². The zero-order valence-corrected chi connectivity index (χ0v) is 20.7. The molecule has 6 rings (SSSR count). The van der Waals surface area contributed by atoms with E-state index in [1.807, 2.05) is 12.1 Å². The number of ether oxygens (including phenoxy) is 4. The Balaban J connectivity index is 1.42. The number of amides is 3. The third kappa shape index (κ3) is 6.51. The van der Waals surface area contributed by atoms with Gasteiger partial charge in [0.25, 0.3) is 11.8 Å². The molecule has 196 valence electrons. The van der Waals surface area contributed by atoms with Crippen molar-refractivity contribution in [2.24, 2.45) is 5.92 Å². The number of fused-ring (bicyclic) bond motifs is 7. The van der Waals surface area contributed by atoms with Gasteiger partial charge in [-0.15, -0.1) is 0 Å². The van der Waals surface area contributed by atoms with Crippen LogP contribution in [0.2, 0.25) is 0 Å². The first kappa shape index (κ1) is 24.9. The zero-order valence-electron chi connectivity index (χ0n) is 20.7. The number of methoxy groups -OCH3 is 1. The van der Waals surface area contributed by atoms with E-state index in [2.05, 4.69) is 10.6 Å². The average molecular weight is 510 g/mol. The SMILES string of the molecule is COCC(=O)N1C[C@@H]2NC(=O)c3cc(cc(OCC4CC4)c3)OCC(=O)NCc3ccc(cc3)O[C@H]2C1. The minimum Gasteiger partial charge on any atom is -0.493 e. The zero-order chi connectivity index (χ0) is 25.8. The van der Waals surface area contributed by atoms with Gasteiger partial charge in [-0.1, -0.05) is 12.1 Å². The molecule has 0 spiro atoms. The Kier molecular flexibility index (Phi) is 7.45. The van der Waals surface area contributed by atoms with E-state index < -0.39 is 12.1 Å². The minimum atomic E-state index is -0.462. The Bertz CT molecular complexity index is 1150. The third-order valence-electron chi connectivity index (χ3n) is 6.60. The van der Waals surface area contributed by atoms with Gasteiger partial charge in [-0.05, 0) is 48.6 Å². The molecule has 0 unspecified atom stereocenters. The summed E-state index contributed by atoms with van der Waals surface area (Å²) in [6.45, 7) is 1.26. The van der Waals surface area contributed by atoms with Gasteiger partial charge in [-0.25, -0.2) is 0 Å². The van der Waals surface area contributed by atoms with Gasteiger partial charge >= 0.3 is 0 Å². The molecule has 2 aromatic rings. The molecule has 3 heterocycles. The fourth-order valence-electron chi connectivity index (χ4n) is 4.33. The van der Waals surface area contributed by atoms with E-state index in [4.69, 9.17) is 18.9 Å². The summed E-state index contributed by atoms with van der Waals surface area (Å²) in [5, 5.41) is 5.85. The molecule has 2 aromatic carbocycles. The topological polar surface area (TPSA) is 115 Å². The molecule has 3 aliphatic heterocycles. The Hall–Kier alpha value is -3.79. The van der Waals surface area contributed by atoms with E-state index >= 15 is 0 Å². The van der Waals surface area contributed by atoms with Crippen molar-refractivity contribution in [3.05, 3.63) is 53.6 Å². The average Bonchev–Trinajstić information content (AvgIpc) is 3.65. The molecule has 2 atom stereocenters. The van der Waals surface area contributed by atoms with Crippen LogP contribution < -0.4 is 24.8 Å². The van der Waals surface area contributed by atoms with E-state index in [1.165, 1.54) is 7.11 Å². The second-order valence-corrected chi connectivity index (χ2v) is 9.62. The quantitative estimate of drug-likeness (QED) is 0.628. The molecule has 4 bridgehead atoms. The monoisotopic (exact) mass is 509 g/mol. The molecular formula is C27H31N3O7. The number of hydrogen-bond donors (Lipinski definition) is 2. The number of hydrogen-bond acceptors (Lipinski definition) is 7. The number of carbonyl (C=O) groups is 3. The van der Waals surface area contributed by atoms with Crippen molar-refractivity contribution in [2.75, 3.05) is 40.0 Å². The van der Waals surface area contributed by atoms with Crippen LogP contribution in [-0.4, -0.2) is 74.8 Å². The Morgan fingerprint density at radius 2 is 1.89 bits per heavy atom. The lowest BCUT2D eigenvalue weighted by Gasteiger charge is -2.21. The molecule has 10 heteroatoms. The van der Waals surface area contributed by atoms with Gasteiger partial charge in [0, 0.05) is 31.8 Å². The molecule has 37 heavy (non-hydrogen) atoms. The minimum absolute atomic E-state index is 0.0467. The van der Waals surface area contributed by atoms with Crippen LogP contribution in [0.15, 0.2) is 42.5 Å². The van der Waals surface area contributed by atoms with Crippen molar-refractivity contribution >= 4 is 17.7 Å². The fourth-order valence-corrected chi connectivity index (χ4v) is 4.33. The molecule has 0 aromatic heterocycles. The lowest BCUT2D eigenvalue weighted by Crippen LogP contribution is -2.45. The van der Waals surface area contributed by atoms with Crippen LogP contribution in [0.1, 0.15) is 28.8 Å². The second-order valence-electron chi connectivity index (χ2n) is 9.62. The van der Waals surface area contributed by atoms with Crippen LogP contribution in [0, 0.1) is 5.92 Å². The normalized spacial score (nSPS) is 21.7. The first-order valence-electron chi connectivity index (χ1n) is 12.5. The van der Waals surface area contributed by atoms with Crippen molar-refractivity contribution in [3.8, 4) is 17.2 Å². The number of rotatable bonds is 5. The molecule has 4 aliphatic rings. The van der Waals surface area contributed by atoms with Crippen LogP contribution in [0.25, 0.3) is 0 Å². The predicted molar refractivity (Wildman–Crippen MR) is 133 cm³/mol. The van der Waals surface area contributed by atoms with Gasteiger partial charge in [0.1, 0.15) is 30.0 Å². The van der Waals surface area contributed by atoms with Gasteiger partial charge in [0.15, 0.2) is 6.61 Å². The van der Waals surface area contributed by atoms with Gasteiger partial charge in [-0.2, -0.15) is 0 Å². The Morgan fingerprint density at radius 3 is 2.65 bits per heavy atom. The second kappa shape index (κ2) is 11.1. The highest BCUT2D eigenvalue weighted by Gasteiger charge is 2.38. The van der Waals surface area contributed by atoms with Crippen molar-refractivity contribution in [2.45, 2.75) is 31.5 Å². The van der Waals surface area contributed by atoms with E-state index in [9.17, 15) is 14.4 Å². The molecule has 2 fully saturated rings. The van der Waals surface area contributed by atoms with Crippen molar-refractivity contribution in [1.82, 2.24) is 15.5 Å². The number of carbonyl (C=O) groups excluding carboxylic acids is 3. The Morgan fingerprint density at radius 1 is 1.08 bits per heavy atom. The molecule has 2 N–H and O–H groups in total. The number of nitrogens with zero attached hydrogens (tertiary/aromatic N) is 1. The van der Waals surface area contributed by atoms with Gasteiger partial charge in [-0.3, -0.25) is 14.4 Å². The van der Waals surface area contributed by atoms with Crippen LogP contribution in [0.5, 0.6) is 17.2 Å². The summed E-state index contributed by atoms with van der Waals surface area (Å²) in [5.41, 5.74) is 1.23. The summed E-state index contributed by atoms with van der Waals surface area (Å²) >= 11 is 0. The molecule has 3 amide bonds. The highest BCUT2D eigenvalue weighted by molar-refractivity contribution is 5.95. The third-order valence-corrected chi connectivity index (χ3v) is 6.60. The first-order chi connectivity index (χ1) is 18.0. The fraction of sp³-hybridized carbons (Fsp3) is 0.444. The van der Waals surface area contributed by atoms with E-state index in [0.29, 0.717) is 48.4 Å². The maximum atomic E-state index is 13.4. The van der Waals surface area contributed by atoms with Crippen LogP contribution in [0.3, 0.4) is 0 Å². The number of nitrogens with one attached hydrogen (secondary N) is 2. The summed E-state index contributed by atoms with van der Waals surface area (Å²) in [6, 6.07) is 11.8. The van der Waals surface area contributed by atoms with E-state index in [0.717, 1.165) is 18.4 Å². The van der Waals surface area contributed by atoms with Gasteiger partial charge in [0.2, 0.25) is 5.91 Å². The van der Waals surface area contributed by atoms with Crippen molar-refractivity contribution in [1.29, 1.82) is 0 Å². The van der Waals surface area contributed by atoms with Crippen LogP contribution >= 0.6 is 0 Å². The molecule has 1 saturated carbocycles.